The Bertz CT molecular complexity index is 365. The molecule has 1 N–H and O–H groups in total. The molecule has 2 rings (SSSR count). The van der Waals surface area contributed by atoms with E-state index in [1.807, 2.05) is 6.92 Å². The molecule has 1 unspecified atom stereocenters. The first-order chi connectivity index (χ1) is 8.00. The predicted molar refractivity (Wildman–Crippen MR) is 60.6 cm³/mol. The predicted octanol–water partition coefficient (Wildman–Crippen LogP) is 3.91. The highest BCUT2D eigenvalue weighted by Crippen LogP contribution is 2.31. The maximum absolute atomic E-state index is 12.4. The van der Waals surface area contributed by atoms with Crippen molar-refractivity contribution < 1.29 is 13.2 Å². The van der Waals surface area contributed by atoms with Gasteiger partial charge in [-0.15, -0.1) is 0 Å². The summed E-state index contributed by atoms with van der Waals surface area (Å²) < 4.78 is 37.2. The summed E-state index contributed by atoms with van der Waals surface area (Å²) in [4.78, 5) is 0. The number of alkyl halides is 3. The average Bonchev–Trinajstić information content (AvgIpc) is 3.09. The summed E-state index contributed by atoms with van der Waals surface area (Å²) in [5.74, 6) is 0. The molecule has 4 heteroatoms. The molecule has 1 aromatic rings. The van der Waals surface area contributed by atoms with Gasteiger partial charge in [-0.25, -0.2) is 0 Å². The van der Waals surface area contributed by atoms with Crippen LogP contribution >= 0.6 is 0 Å². The number of hydrogen-bond donors (Lipinski definition) is 1. The van der Waals surface area contributed by atoms with Crippen LogP contribution in [0.1, 0.15) is 43.4 Å². The maximum Gasteiger partial charge on any atom is 0.416 e. The first kappa shape index (κ1) is 12.4. The Morgan fingerprint density at radius 1 is 1.24 bits per heavy atom. The molecule has 94 valence electrons. The molecule has 0 saturated heterocycles. The molecule has 0 spiro atoms. The number of halogens is 3. The molecule has 0 radical (unpaired) electrons. The van der Waals surface area contributed by atoms with E-state index in [4.69, 9.17) is 0 Å². The van der Waals surface area contributed by atoms with E-state index in [0.717, 1.165) is 24.1 Å². The van der Waals surface area contributed by atoms with Gasteiger partial charge < -0.3 is 5.32 Å². The van der Waals surface area contributed by atoms with Crippen LogP contribution in [0.4, 0.5) is 13.2 Å². The number of nitrogens with one attached hydrogen (secondary N) is 1. The van der Waals surface area contributed by atoms with Crippen LogP contribution in [0.25, 0.3) is 0 Å². The van der Waals surface area contributed by atoms with Crippen molar-refractivity contribution in [2.75, 3.05) is 0 Å². The lowest BCUT2D eigenvalue weighted by molar-refractivity contribution is -0.137. The molecule has 1 saturated carbocycles. The van der Waals surface area contributed by atoms with Crippen molar-refractivity contribution in [1.82, 2.24) is 5.32 Å². The zero-order chi connectivity index (χ0) is 12.5. The Kier molecular flexibility index (Phi) is 3.43. The fourth-order valence-corrected chi connectivity index (χ4v) is 1.89. The molecular formula is C13H16F3N. The van der Waals surface area contributed by atoms with Gasteiger partial charge in [0.2, 0.25) is 0 Å². The van der Waals surface area contributed by atoms with Crippen molar-refractivity contribution in [3.05, 3.63) is 35.4 Å². The van der Waals surface area contributed by atoms with Gasteiger partial charge in [-0.1, -0.05) is 19.1 Å². The summed E-state index contributed by atoms with van der Waals surface area (Å²) in [7, 11) is 0. The van der Waals surface area contributed by atoms with Gasteiger partial charge >= 0.3 is 6.18 Å². The van der Waals surface area contributed by atoms with Crippen LogP contribution in [0.3, 0.4) is 0 Å². The molecular weight excluding hydrogens is 227 g/mol. The zero-order valence-corrected chi connectivity index (χ0v) is 9.72. The van der Waals surface area contributed by atoms with Crippen molar-refractivity contribution in [2.24, 2.45) is 0 Å². The smallest absolute Gasteiger partial charge is 0.307 e. The topological polar surface area (TPSA) is 12.0 Å². The molecule has 17 heavy (non-hydrogen) atoms. The molecule has 0 heterocycles. The SMILES string of the molecule is CCC(NC1CC1)c1ccc(C(F)(F)F)cc1. The van der Waals surface area contributed by atoms with E-state index in [9.17, 15) is 13.2 Å². The van der Waals surface area contributed by atoms with E-state index >= 15 is 0 Å². The van der Waals surface area contributed by atoms with Crippen LogP contribution in [0.2, 0.25) is 0 Å². The lowest BCUT2D eigenvalue weighted by atomic mass is 10.0. The minimum absolute atomic E-state index is 0.171. The minimum atomic E-state index is -4.25. The Hall–Kier alpha value is -1.03. The molecule has 1 nitrogen and oxygen atoms in total. The van der Waals surface area contributed by atoms with E-state index in [-0.39, 0.29) is 6.04 Å². The molecule has 0 amide bonds. The summed E-state index contributed by atoms with van der Waals surface area (Å²) in [6.45, 7) is 2.04. The highest BCUT2D eigenvalue weighted by atomic mass is 19.4. The minimum Gasteiger partial charge on any atom is -0.307 e. The first-order valence-corrected chi connectivity index (χ1v) is 5.94. The summed E-state index contributed by atoms with van der Waals surface area (Å²) in [6, 6.07) is 6.20. The summed E-state index contributed by atoms with van der Waals surface area (Å²) in [5.41, 5.74) is 0.356. The second-order valence-corrected chi connectivity index (χ2v) is 4.52. The first-order valence-electron chi connectivity index (χ1n) is 5.94. The van der Waals surface area contributed by atoms with Gasteiger partial charge in [0.1, 0.15) is 0 Å². The van der Waals surface area contributed by atoms with Gasteiger partial charge in [-0.3, -0.25) is 0 Å². The van der Waals surface area contributed by atoms with Gasteiger partial charge in [0.05, 0.1) is 5.56 Å². The highest BCUT2D eigenvalue weighted by molar-refractivity contribution is 5.27. The maximum atomic E-state index is 12.4. The largest absolute Gasteiger partial charge is 0.416 e. The summed E-state index contributed by atoms with van der Waals surface area (Å²) in [6.07, 6.45) is -1.000. The molecule has 1 aliphatic carbocycles. The van der Waals surface area contributed by atoms with Crippen LogP contribution in [0, 0.1) is 0 Å². The van der Waals surface area contributed by atoms with Crippen LogP contribution in [0.15, 0.2) is 24.3 Å². The Morgan fingerprint density at radius 3 is 2.24 bits per heavy atom. The van der Waals surface area contributed by atoms with Crippen molar-refractivity contribution in [1.29, 1.82) is 0 Å². The van der Waals surface area contributed by atoms with E-state index in [0.29, 0.717) is 6.04 Å². The quantitative estimate of drug-likeness (QED) is 0.845. The Morgan fingerprint density at radius 2 is 1.82 bits per heavy atom. The summed E-state index contributed by atoms with van der Waals surface area (Å²) >= 11 is 0. The molecule has 1 aromatic carbocycles. The average molecular weight is 243 g/mol. The standard InChI is InChI=1S/C13H16F3N/c1-2-12(17-11-7-8-11)9-3-5-10(6-4-9)13(14,15)16/h3-6,11-12,17H,2,7-8H2,1H3. The number of rotatable bonds is 4. The normalized spacial score (nSPS) is 18.1. The molecule has 1 atom stereocenters. The third-order valence-corrected chi connectivity index (χ3v) is 3.06. The van der Waals surface area contributed by atoms with Crippen molar-refractivity contribution in [3.63, 3.8) is 0 Å². The van der Waals surface area contributed by atoms with Crippen LogP contribution < -0.4 is 5.32 Å². The number of benzene rings is 1. The second-order valence-electron chi connectivity index (χ2n) is 4.52. The summed E-state index contributed by atoms with van der Waals surface area (Å²) in [5, 5.41) is 3.43. The third kappa shape index (κ3) is 3.22. The lowest BCUT2D eigenvalue weighted by Gasteiger charge is -2.17. The Labute approximate surface area is 99.0 Å². The number of hydrogen-bond acceptors (Lipinski definition) is 1. The molecule has 0 aliphatic heterocycles. The molecule has 0 bridgehead atoms. The van der Waals surface area contributed by atoms with Gasteiger partial charge in [-0.05, 0) is 37.0 Å². The van der Waals surface area contributed by atoms with Crippen molar-refractivity contribution in [2.45, 2.75) is 44.4 Å². The second kappa shape index (κ2) is 4.69. The van der Waals surface area contributed by atoms with E-state index in [2.05, 4.69) is 5.32 Å². The monoisotopic (exact) mass is 243 g/mol. The van der Waals surface area contributed by atoms with Crippen molar-refractivity contribution in [3.8, 4) is 0 Å². The highest BCUT2D eigenvalue weighted by Gasteiger charge is 2.30. The van der Waals surface area contributed by atoms with Gasteiger partial charge in [-0.2, -0.15) is 13.2 Å². The van der Waals surface area contributed by atoms with E-state index < -0.39 is 11.7 Å². The van der Waals surface area contributed by atoms with E-state index in [1.54, 1.807) is 12.1 Å². The lowest BCUT2D eigenvalue weighted by Crippen LogP contribution is -2.22. The Balaban J connectivity index is 2.09. The van der Waals surface area contributed by atoms with Gasteiger partial charge in [0.15, 0.2) is 0 Å². The third-order valence-electron chi connectivity index (χ3n) is 3.06. The van der Waals surface area contributed by atoms with Crippen LogP contribution in [-0.4, -0.2) is 6.04 Å². The fourth-order valence-electron chi connectivity index (χ4n) is 1.89. The van der Waals surface area contributed by atoms with Crippen LogP contribution in [0.5, 0.6) is 0 Å². The van der Waals surface area contributed by atoms with Gasteiger partial charge in [0, 0.05) is 12.1 Å². The molecule has 1 aliphatic rings. The van der Waals surface area contributed by atoms with Gasteiger partial charge in [0.25, 0.3) is 0 Å². The van der Waals surface area contributed by atoms with Crippen molar-refractivity contribution >= 4 is 0 Å². The molecule has 1 fully saturated rings. The molecule has 0 aromatic heterocycles. The fraction of sp³-hybridized carbons (Fsp3) is 0.538. The zero-order valence-electron chi connectivity index (χ0n) is 9.72. The van der Waals surface area contributed by atoms with Crippen LogP contribution in [-0.2, 0) is 6.18 Å². The van der Waals surface area contributed by atoms with E-state index in [1.165, 1.54) is 12.8 Å².